The van der Waals surface area contributed by atoms with Crippen molar-refractivity contribution >= 4 is 17.3 Å². The molecule has 6 heteroatoms. The SMILES string of the molecule is Nc1nnc(-c2ccccc2O)cc1N1CCC(=O)CC1. The highest BCUT2D eigenvalue weighted by Gasteiger charge is 2.20. The van der Waals surface area contributed by atoms with E-state index in [4.69, 9.17) is 5.73 Å². The molecule has 1 aliphatic heterocycles. The van der Waals surface area contributed by atoms with Crippen molar-refractivity contribution in [2.24, 2.45) is 0 Å². The van der Waals surface area contributed by atoms with Crippen LogP contribution in [0.4, 0.5) is 11.5 Å². The number of nitrogens with two attached hydrogens (primary N) is 1. The number of aromatic hydroxyl groups is 1. The maximum absolute atomic E-state index is 11.3. The van der Waals surface area contributed by atoms with E-state index in [-0.39, 0.29) is 11.5 Å². The summed E-state index contributed by atoms with van der Waals surface area (Å²) < 4.78 is 0. The molecule has 1 saturated heterocycles. The first-order valence-corrected chi connectivity index (χ1v) is 6.83. The number of rotatable bonds is 2. The number of piperidine rings is 1. The molecule has 21 heavy (non-hydrogen) atoms. The zero-order chi connectivity index (χ0) is 14.8. The molecule has 0 saturated carbocycles. The second-order valence-corrected chi connectivity index (χ2v) is 5.04. The Bertz CT molecular complexity index is 677. The van der Waals surface area contributed by atoms with Crippen LogP contribution in [0, 0.1) is 0 Å². The third-order valence-electron chi connectivity index (χ3n) is 3.64. The fourth-order valence-corrected chi connectivity index (χ4v) is 2.46. The number of aromatic nitrogens is 2. The van der Waals surface area contributed by atoms with Crippen LogP contribution in [0.3, 0.4) is 0 Å². The van der Waals surface area contributed by atoms with Crippen molar-refractivity contribution in [2.45, 2.75) is 12.8 Å². The number of benzene rings is 1. The normalized spacial score (nSPS) is 15.2. The van der Waals surface area contributed by atoms with Crippen molar-refractivity contribution in [3.63, 3.8) is 0 Å². The van der Waals surface area contributed by atoms with Crippen molar-refractivity contribution < 1.29 is 9.90 Å². The number of hydrogen-bond acceptors (Lipinski definition) is 6. The molecule has 3 rings (SSSR count). The molecule has 1 fully saturated rings. The molecule has 108 valence electrons. The quantitative estimate of drug-likeness (QED) is 0.870. The second-order valence-electron chi connectivity index (χ2n) is 5.04. The monoisotopic (exact) mass is 284 g/mol. The summed E-state index contributed by atoms with van der Waals surface area (Å²) in [5.74, 6) is 0.757. The lowest BCUT2D eigenvalue weighted by Crippen LogP contribution is -2.34. The summed E-state index contributed by atoms with van der Waals surface area (Å²) >= 11 is 0. The topological polar surface area (TPSA) is 92.3 Å². The molecule has 0 amide bonds. The maximum atomic E-state index is 11.3. The number of nitrogens with zero attached hydrogens (tertiary/aromatic N) is 3. The Morgan fingerprint density at radius 3 is 2.57 bits per heavy atom. The van der Waals surface area contributed by atoms with Crippen LogP contribution in [0.25, 0.3) is 11.3 Å². The first-order valence-electron chi connectivity index (χ1n) is 6.83. The van der Waals surface area contributed by atoms with Gasteiger partial charge in [-0.15, -0.1) is 10.2 Å². The zero-order valence-electron chi connectivity index (χ0n) is 11.5. The van der Waals surface area contributed by atoms with Crippen LogP contribution in [-0.4, -0.2) is 34.2 Å². The first kappa shape index (κ1) is 13.4. The Hall–Kier alpha value is -2.63. The highest BCUT2D eigenvalue weighted by atomic mass is 16.3. The molecular weight excluding hydrogens is 268 g/mol. The van der Waals surface area contributed by atoms with E-state index < -0.39 is 0 Å². The number of phenols is 1. The number of Topliss-reactive ketones (excluding diaryl/α,β-unsaturated/α-hetero) is 1. The number of carbonyl (C=O) groups excluding carboxylic acids is 1. The van der Waals surface area contributed by atoms with Gasteiger partial charge in [0.15, 0.2) is 5.82 Å². The van der Waals surface area contributed by atoms with Crippen LogP contribution >= 0.6 is 0 Å². The highest BCUT2D eigenvalue weighted by Crippen LogP contribution is 2.31. The Kier molecular flexibility index (Phi) is 3.43. The molecule has 0 unspecified atom stereocenters. The van der Waals surface area contributed by atoms with E-state index in [0.717, 1.165) is 5.69 Å². The van der Waals surface area contributed by atoms with Gasteiger partial charge in [-0.05, 0) is 18.2 Å². The summed E-state index contributed by atoms with van der Waals surface area (Å²) in [6, 6.07) is 8.77. The average molecular weight is 284 g/mol. The average Bonchev–Trinajstić information content (AvgIpc) is 2.50. The van der Waals surface area contributed by atoms with E-state index >= 15 is 0 Å². The molecule has 2 aromatic rings. The molecule has 0 spiro atoms. The van der Waals surface area contributed by atoms with Crippen molar-refractivity contribution in [3.05, 3.63) is 30.3 Å². The lowest BCUT2D eigenvalue weighted by Gasteiger charge is -2.28. The molecule has 1 aromatic carbocycles. The smallest absolute Gasteiger partial charge is 0.169 e. The van der Waals surface area contributed by atoms with Crippen molar-refractivity contribution in [2.75, 3.05) is 23.7 Å². The minimum absolute atomic E-state index is 0.149. The van der Waals surface area contributed by atoms with Crippen LogP contribution in [0.1, 0.15) is 12.8 Å². The molecule has 6 nitrogen and oxygen atoms in total. The van der Waals surface area contributed by atoms with Crippen molar-refractivity contribution in [1.29, 1.82) is 0 Å². The Labute approximate surface area is 122 Å². The van der Waals surface area contributed by atoms with E-state index in [2.05, 4.69) is 10.2 Å². The van der Waals surface area contributed by atoms with Crippen molar-refractivity contribution in [3.8, 4) is 17.0 Å². The second kappa shape index (κ2) is 5.40. The summed E-state index contributed by atoms with van der Waals surface area (Å²) in [7, 11) is 0. The van der Waals surface area contributed by atoms with Gasteiger partial charge in [-0.3, -0.25) is 4.79 Å². The van der Waals surface area contributed by atoms with Gasteiger partial charge in [0.1, 0.15) is 11.5 Å². The molecule has 1 aromatic heterocycles. The number of nitrogen functional groups attached to an aromatic ring is 1. The number of para-hydroxylation sites is 1. The van der Waals surface area contributed by atoms with Gasteiger partial charge in [-0.1, -0.05) is 12.1 Å². The third kappa shape index (κ3) is 2.65. The lowest BCUT2D eigenvalue weighted by atomic mass is 10.1. The Morgan fingerprint density at radius 1 is 1.14 bits per heavy atom. The number of phenolic OH excluding ortho intramolecular Hbond substituents is 1. The van der Waals surface area contributed by atoms with Gasteiger partial charge in [-0.2, -0.15) is 0 Å². The fourth-order valence-electron chi connectivity index (χ4n) is 2.46. The summed E-state index contributed by atoms with van der Waals surface area (Å²) in [5, 5.41) is 17.9. The summed E-state index contributed by atoms with van der Waals surface area (Å²) in [4.78, 5) is 13.4. The number of hydrogen-bond donors (Lipinski definition) is 2. The van der Waals surface area contributed by atoms with Gasteiger partial charge in [0.05, 0.1) is 11.4 Å². The van der Waals surface area contributed by atoms with Gasteiger partial charge in [0, 0.05) is 31.5 Å². The maximum Gasteiger partial charge on any atom is 0.169 e. The largest absolute Gasteiger partial charge is 0.507 e. The summed E-state index contributed by atoms with van der Waals surface area (Å²) in [5.41, 5.74) is 7.84. The van der Waals surface area contributed by atoms with E-state index in [0.29, 0.717) is 43.0 Å². The zero-order valence-corrected chi connectivity index (χ0v) is 11.5. The van der Waals surface area contributed by atoms with Gasteiger partial charge in [-0.25, -0.2) is 0 Å². The van der Waals surface area contributed by atoms with Gasteiger partial charge < -0.3 is 15.7 Å². The minimum Gasteiger partial charge on any atom is -0.507 e. The predicted octanol–water partition coefficient (Wildman–Crippen LogP) is 1.60. The predicted molar refractivity (Wildman–Crippen MR) is 80.0 cm³/mol. The Balaban J connectivity index is 1.97. The van der Waals surface area contributed by atoms with Gasteiger partial charge in [0.2, 0.25) is 0 Å². The molecule has 1 aliphatic rings. The molecule has 0 radical (unpaired) electrons. The molecular formula is C15H16N4O2. The summed E-state index contributed by atoms with van der Waals surface area (Å²) in [6.45, 7) is 1.27. The molecule has 3 N–H and O–H groups in total. The van der Waals surface area contributed by atoms with E-state index in [9.17, 15) is 9.90 Å². The van der Waals surface area contributed by atoms with Gasteiger partial charge in [0.25, 0.3) is 0 Å². The van der Waals surface area contributed by atoms with E-state index in [1.165, 1.54) is 0 Å². The van der Waals surface area contributed by atoms with Crippen LogP contribution in [0.2, 0.25) is 0 Å². The first-order chi connectivity index (χ1) is 10.1. The highest BCUT2D eigenvalue weighted by molar-refractivity contribution is 5.82. The lowest BCUT2D eigenvalue weighted by molar-refractivity contribution is -0.119. The van der Waals surface area contributed by atoms with E-state index in [1.54, 1.807) is 18.2 Å². The van der Waals surface area contributed by atoms with Crippen LogP contribution in [0.15, 0.2) is 30.3 Å². The molecule has 0 bridgehead atoms. The van der Waals surface area contributed by atoms with Crippen molar-refractivity contribution in [1.82, 2.24) is 10.2 Å². The van der Waals surface area contributed by atoms with E-state index in [1.807, 2.05) is 17.0 Å². The Morgan fingerprint density at radius 2 is 1.86 bits per heavy atom. The molecule has 0 aliphatic carbocycles. The standard InChI is InChI=1S/C15H16N4O2/c16-15-13(19-7-5-10(20)6-8-19)9-12(17-18-15)11-3-1-2-4-14(11)21/h1-4,9,21H,5-8H2,(H2,16,18). The number of carbonyl (C=O) groups is 1. The number of anilines is 2. The number of ketones is 1. The van der Waals surface area contributed by atoms with Crippen LogP contribution < -0.4 is 10.6 Å². The van der Waals surface area contributed by atoms with Crippen LogP contribution in [0.5, 0.6) is 5.75 Å². The summed E-state index contributed by atoms with van der Waals surface area (Å²) in [6.07, 6.45) is 1.04. The third-order valence-corrected chi connectivity index (χ3v) is 3.64. The fraction of sp³-hybridized carbons (Fsp3) is 0.267. The molecule has 2 heterocycles. The van der Waals surface area contributed by atoms with Gasteiger partial charge >= 0.3 is 0 Å². The molecule has 0 atom stereocenters. The minimum atomic E-state index is 0.149. The van der Waals surface area contributed by atoms with Crippen LogP contribution in [-0.2, 0) is 4.79 Å².